The Labute approximate surface area is 206 Å². The summed E-state index contributed by atoms with van der Waals surface area (Å²) in [5, 5.41) is 5.69. The molecule has 2 N–H and O–H groups in total. The zero-order valence-corrected chi connectivity index (χ0v) is 20.4. The number of amides is 1. The minimum atomic E-state index is -0.120. The van der Waals surface area contributed by atoms with Gasteiger partial charge in [-0.2, -0.15) is 0 Å². The monoisotopic (exact) mass is 492 g/mol. The van der Waals surface area contributed by atoms with E-state index >= 15 is 0 Å². The number of benzene rings is 2. The summed E-state index contributed by atoms with van der Waals surface area (Å²) in [6.45, 7) is 3.84. The van der Waals surface area contributed by atoms with Crippen molar-refractivity contribution < 1.29 is 4.79 Å². The highest BCUT2D eigenvalue weighted by Crippen LogP contribution is 2.32. The molecule has 1 fully saturated rings. The molecule has 1 amide bonds. The van der Waals surface area contributed by atoms with Crippen LogP contribution in [0.2, 0.25) is 5.02 Å². The van der Waals surface area contributed by atoms with Crippen LogP contribution in [0.4, 0.5) is 5.95 Å². The number of thiophene rings is 1. The minimum absolute atomic E-state index is 0.0519. The number of rotatable bonds is 5. The molecule has 34 heavy (non-hydrogen) atoms. The molecule has 1 saturated heterocycles. The molecular weight excluding hydrogens is 468 g/mol. The molecule has 2 aromatic carbocycles. The molecule has 8 heteroatoms. The normalized spacial score (nSPS) is 14.5. The zero-order valence-electron chi connectivity index (χ0n) is 18.8. The van der Waals surface area contributed by atoms with Crippen LogP contribution in [0, 0.1) is 12.8 Å². The summed E-state index contributed by atoms with van der Waals surface area (Å²) in [6.07, 6.45) is 1.41. The van der Waals surface area contributed by atoms with Crippen LogP contribution >= 0.6 is 22.9 Å². The number of aryl methyl sites for hydroxylation is 1. The first kappa shape index (κ1) is 22.6. The lowest BCUT2D eigenvalue weighted by atomic mass is 9.96. The molecule has 0 aliphatic carbocycles. The first-order valence-electron chi connectivity index (χ1n) is 11.3. The molecule has 4 aromatic rings. The van der Waals surface area contributed by atoms with Gasteiger partial charge in [-0.15, -0.1) is 11.3 Å². The molecule has 2 aromatic heterocycles. The van der Waals surface area contributed by atoms with Gasteiger partial charge in [0, 0.05) is 41.5 Å². The van der Waals surface area contributed by atoms with Crippen molar-refractivity contribution in [2.75, 3.05) is 18.0 Å². The van der Waals surface area contributed by atoms with E-state index in [1.54, 1.807) is 0 Å². The molecule has 0 atom stereocenters. The van der Waals surface area contributed by atoms with Crippen molar-refractivity contribution in [2.24, 2.45) is 5.92 Å². The molecule has 0 unspecified atom stereocenters. The van der Waals surface area contributed by atoms with E-state index in [1.807, 2.05) is 41.8 Å². The average molecular weight is 493 g/mol. The van der Waals surface area contributed by atoms with Gasteiger partial charge >= 0.3 is 0 Å². The third-order valence-electron chi connectivity index (χ3n) is 6.26. The van der Waals surface area contributed by atoms with Gasteiger partial charge in [0.25, 0.3) is 5.56 Å². The SMILES string of the molecule is Cc1cccc(-c2csc3c(=O)[nH]c(N4CCC(C(=O)NCc5cccc(Cl)c5)CC4)nc23)c1. The van der Waals surface area contributed by atoms with E-state index in [1.165, 1.54) is 11.3 Å². The molecule has 1 aliphatic rings. The molecule has 6 nitrogen and oxygen atoms in total. The number of H-pyrrole nitrogens is 1. The molecule has 0 radical (unpaired) electrons. The van der Waals surface area contributed by atoms with Crippen molar-refractivity contribution in [3.8, 4) is 11.1 Å². The van der Waals surface area contributed by atoms with Crippen LogP contribution in [-0.4, -0.2) is 29.0 Å². The standard InChI is InChI=1S/C26H25ClN4O2S/c1-16-4-2-6-19(12-16)21-15-34-23-22(21)29-26(30-25(23)33)31-10-8-18(9-11-31)24(32)28-14-17-5-3-7-20(27)13-17/h2-7,12-13,15,18H,8-11,14H2,1H3,(H,28,32)(H,29,30,33). The Hall–Kier alpha value is -3.16. The average Bonchev–Trinajstić information content (AvgIpc) is 3.27. The predicted octanol–water partition coefficient (Wildman–Crippen LogP) is 5.15. The fourth-order valence-electron chi connectivity index (χ4n) is 4.42. The summed E-state index contributed by atoms with van der Waals surface area (Å²) in [7, 11) is 0. The maximum absolute atomic E-state index is 12.8. The molecule has 0 saturated carbocycles. The van der Waals surface area contributed by atoms with Gasteiger partial charge < -0.3 is 10.2 Å². The van der Waals surface area contributed by atoms with Gasteiger partial charge in [0.05, 0.1) is 5.52 Å². The summed E-state index contributed by atoms with van der Waals surface area (Å²) in [5.41, 5.74) is 4.80. The Kier molecular flexibility index (Phi) is 6.39. The number of nitrogens with one attached hydrogen (secondary N) is 2. The summed E-state index contributed by atoms with van der Waals surface area (Å²) in [6, 6.07) is 15.7. The number of aromatic nitrogens is 2. The highest BCUT2D eigenvalue weighted by Gasteiger charge is 2.26. The molecule has 0 bridgehead atoms. The number of anilines is 1. The molecule has 0 spiro atoms. The number of nitrogens with zero attached hydrogens (tertiary/aromatic N) is 2. The number of piperidine rings is 1. The van der Waals surface area contributed by atoms with Gasteiger partial charge in [0.15, 0.2) is 0 Å². The number of halogens is 1. The maximum atomic E-state index is 12.8. The second kappa shape index (κ2) is 9.60. The molecule has 1 aliphatic heterocycles. The topological polar surface area (TPSA) is 78.1 Å². The quantitative estimate of drug-likeness (QED) is 0.404. The van der Waals surface area contributed by atoms with Crippen LogP contribution in [0.25, 0.3) is 21.3 Å². The van der Waals surface area contributed by atoms with Crippen molar-refractivity contribution in [3.05, 3.63) is 80.4 Å². The van der Waals surface area contributed by atoms with Crippen LogP contribution in [0.1, 0.15) is 24.0 Å². The van der Waals surface area contributed by atoms with E-state index < -0.39 is 0 Å². The third kappa shape index (κ3) is 4.72. The molecular formula is C26H25ClN4O2S. The fraction of sp³-hybridized carbons (Fsp3) is 0.269. The number of hydrogen-bond acceptors (Lipinski definition) is 5. The number of carbonyl (C=O) groups is 1. The molecule has 5 rings (SSSR count). The Morgan fingerprint density at radius 2 is 2.00 bits per heavy atom. The fourth-order valence-corrected chi connectivity index (χ4v) is 5.54. The smallest absolute Gasteiger partial charge is 0.270 e. The van der Waals surface area contributed by atoms with Crippen LogP contribution in [0.5, 0.6) is 0 Å². The Balaban J connectivity index is 1.28. The Morgan fingerprint density at radius 1 is 1.21 bits per heavy atom. The highest BCUT2D eigenvalue weighted by atomic mass is 35.5. The lowest BCUT2D eigenvalue weighted by Crippen LogP contribution is -2.41. The summed E-state index contributed by atoms with van der Waals surface area (Å²) in [4.78, 5) is 35.3. The lowest BCUT2D eigenvalue weighted by molar-refractivity contribution is -0.125. The number of fused-ring (bicyclic) bond motifs is 1. The van der Waals surface area contributed by atoms with Crippen LogP contribution in [0.3, 0.4) is 0 Å². The lowest BCUT2D eigenvalue weighted by Gasteiger charge is -2.31. The largest absolute Gasteiger partial charge is 0.352 e. The third-order valence-corrected chi connectivity index (χ3v) is 7.47. The van der Waals surface area contributed by atoms with E-state index in [0.717, 1.165) is 27.8 Å². The van der Waals surface area contributed by atoms with E-state index in [4.69, 9.17) is 16.6 Å². The van der Waals surface area contributed by atoms with E-state index in [0.29, 0.717) is 48.1 Å². The van der Waals surface area contributed by atoms with Crippen molar-refractivity contribution >= 4 is 45.0 Å². The first-order chi connectivity index (χ1) is 16.5. The van der Waals surface area contributed by atoms with Crippen molar-refractivity contribution in [3.63, 3.8) is 0 Å². The van der Waals surface area contributed by atoms with Crippen LogP contribution < -0.4 is 15.8 Å². The Morgan fingerprint density at radius 3 is 2.76 bits per heavy atom. The van der Waals surface area contributed by atoms with E-state index in [-0.39, 0.29) is 17.4 Å². The summed E-state index contributed by atoms with van der Waals surface area (Å²) in [5.74, 6) is 0.563. The van der Waals surface area contributed by atoms with Gasteiger partial charge in [-0.1, -0.05) is 53.6 Å². The van der Waals surface area contributed by atoms with Crippen molar-refractivity contribution in [2.45, 2.75) is 26.3 Å². The van der Waals surface area contributed by atoms with Crippen molar-refractivity contribution in [1.82, 2.24) is 15.3 Å². The van der Waals surface area contributed by atoms with Gasteiger partial charge in [-0.25, -0.2) is 4.98 Å². The second-order valence-electron chi connectivity index (χ2n) is 8.70. The minimum Gasteiger partial charge on any atom is -0.352 e. The first-order valence-corrected chi connectivity index (χ1v) is 12.6. The molecule has 174 valence electrons. The second-order valence-corrected chi connectivity index (χ2v) is 10.0. The maximum Gasteiger partial charge on any atom is 0.270 e. The van der Waals surface area contributed by atoms with Crippen LogP contribution in [-0.2, 0) is 11.3 Å². The predicted molar refractivity (Wildman–Crippen MR) is 139 cm³/mol. The number of aromatic amines is 1. The van der Waals surface area contributed by atoms with Gasteiger partial charge in [0.1, 0.15) is 4.70 Å². The van der Waals surface area contributed by atoms with E-state index in [2.05, 4.69) is 34.3 Å². The highest BCUT2D eigenvalue weighted by molar-refractivity contribution is 7.17. The number of hydrogen-bond donors (Lipinski definition) is 2. The van der Waals surface area contributed by atoms with Gasteiger partial charge in [-0.05, 0) is 43.0 Å². The summed E-state index contributed by atoms with van der Waals surface area (Å²) >= 11 is 7.45. The number of carbonyl (C=O) groups excluding carboxylic acids is 1. The Bertz CT molecular complexity index is 1410. The van der Waals surface area contributed by atoms with E-state index in [9.17, 15) is 9.59 Å². The molecule has 3 heterocycles. The van der Waals surface area contributed by atoms with Crippen molar-refractivity contribution in [1.29, 1.82) is 0 Å². The van der Waals surface area contributed by atoms with Gasteiger partial charge in [0.2, 0.25) is 11.9 Å². The zero-order chi connectivity index (χ0) is 23.7. The van der Waals surface area contributed by atoms with Crippen LogP contribution in [0.15, 0.2) is 58.7 Å². The van der Waals surface area contributed by atoms with Gasteiger partial charge in [-0.3, -0.25) is 14.6 Å². The summed E-state index contributed by atoms with van der Waals surface area (Å²) < 4.78 is 0.635.